The number of hydrogen-bond donors (Lipinski definition) is 1. The lowest BCUT2D eigenvalue weighted by Crippen LogP contribution is -2.42. The first-order valence-electron chi connectivity index (χ1n) is 8.11. The summed E-state index contributed by atoms with van der Waals surface area (Å²) in [5.74, 6) is 0. The molecule has 0 aromatic heterocycles. The molecule has 20 heavy (non-hydrogen) atoms. The zero-order valence-corrected chi connectivity index (χ0v) is 13.5. The zero-order chi connectivity index (χ0) is 14.7. The molecule has 2 rings (SSSR count). The number of aryl methyl sites for hydroxylation is 2. The molecule has 0 heterocycles. The minimum absolute atomic E-state index is 0.431. The second kappa shape index (κ2) is 6.73. The van der Waals surface area contributed by atoms with Crippen molar-refractivity contribution in [3.05, 3.63) is 34.9 Å². The van der Waals surface area contributed by atoms with Gasteiger partial charge in [0.05, 0.1) is 0 Å². The van der Waals surface area contributed by atoms with Crippen molar-refractivity contribution in [2.45, 2.75) is 71.5 Å². The molecule has 1 fully saturated rings. The molecule has 1 aliphatic carbocycles. The molecule has 0 aliphatic heterocycles. The highest BCUT2D eigenvalue weighted by Crippen LogP contribution is 2.31. The second-order valence-corrected chi connectivity index (χ2v) is 6.44. The Labute approximate surface area is 124 Å². The van der Waals surface area contributed by atoms with E-state index in [0.29, 0.717) is 18.1 Å². The van der Waals surface area contributed by atoms with Gasteiger partial charge in [0.2, 0.25) is 0 Å². The summed E-state index contributed by atoms with van der Waals surface area (Å²) in [5, 5.41) is 0. The summed E-state index contributed by atoms with van der Waals surface area (Å²) in [6.07, 6.45) is 4.87. The summed E-state index contributed by atoms with van der Waals surface area (Å²) in [6, 6.07) is 8.46. The first-order valence-corrected chi connectivity index (χ1v) is 8.11. The predicted molar refractivity (Wildman–Crippen MR) is 86.9 cm³/mol. The summed E-state index contributed by atoms with van der Waals surface area (Å²) in [5.41, 5.74) is 10.3. The molecule has 2 N–H and O–H groups in total. The lowest BCUT2D eigenvalue weighted by Gasteiger charge is -2.40. The molecule has 1 unspecified atom stereocenters. The molecule has 112 valence electrons. The molecular formula is C18H30N2. The van der Waals surface area contributed by atoms with Gasteiger partial charge in [-0.25, -0.2) is 0 Å². The van der Waals surface area contributed by atoms with Crippen molar-refractivity contribution < 1.29 is 0 Å². The standard InChI is InChI=1S/C18H30N2/c1-5-20(17-10-8-16(19)9-11-17)15(4)18-12-13(2)6-7-14(18)3/h6-7,12,15-17H,5,8-11,19H2,1-4H3. The number of rotatable bonds is 4. The van der Waals surface area contributed by atoms with Gasteiger partial charge >= 0.3 is 0 Å². The van der Waals surface area contributed by atoms with E-state index in [-0.39, 0.29) is 0 Å². The van der Waals surface area contributed by atoms with Crippen LogP contribution in [0.4, 0.5) is 0 Å². The van der Waals surface area contributed by atoms with Crippen molar-refractivity contribution in [2.24, 2.45) is 5.73 Å². The number of nitrogens with zero attached hydrogens (tertiary/aromatic N) is 1. The van der Waals surface area contributed by atoms with Gasteiger partial charge in [0, 0.05) is 18.1 Å². The minimum atomic E-state index is 0.431. The van der Waals surface area contributed by atoms with Gasteiger partial charge in [-0.05, 0) is 64.1 Å². The van der Waals surface area contributed by atoms with Gasteiger partial charge in [-0.2, -0.15) is 0 Å². The largest absolute Gasteiger partial charge is 0.328 e. The van der Waals surface area contributed by atoms with Gasteiger partial charge in [-0.1, -0.05) is 30.7 Å². The molecule has 0 amide bonds. The van der Waals surface area contributed by atoms with Gasteiger partial charge in [-0.3, -0.25) is 4.90 Å². The molecule has 0 radical (unpaired) electrons. The Hall–Kier alpha value is -0.860. The third-order valence-corrected chi connectivity index (χ3v) is 4.96. The summed E-state index contributed by atoms with van der Waals surface area (Å²) in [4.78, 5) is 2.67. The first kappa shape index (κ1) is 15.5. The number of benzene rings is 1. The molecule has 1 atom stereocenters. The van der Waals surface area contributed by atoms with Gasteiger partial charge in [0.15, 0.2) is 0 Å². The summed E-state index contributed by atoms with van der Waals surface area (Å²) >= 11 is 0. The van der Waals surface area contributed by atoms with E-state index in [1.165, 1.54) is 42.4 Å². The SMILES string of the molecule is CCN(C1CCC(N)CC1)C(C)c1cc(C)ccc1C. The van der Waals surface area contributed by atoms with E-state index in [2.05, 4.69) is 50.8 Å². The Morgan fingerprint density at radius 2 is 1.85 bits per heavy atom. The van der Waals surface area contributed by atoms with Crippen LogP contribution < -0.4 is 5.73 Å². The van der Waals surface area contributed by atoms with E-state index in [1.807, 2.05) is 0 Å². The Morgan fingerprint density at radius 1 is 1.20 bits per heavy atom. The number of nitrogens with two attached hydrogens (primary N) is 1. The highest BCUT2D eigenvalue weighted by molar-refractivity contribution is 5.32. The molecule has 2 heteroatoms. The van der Waals surface area contributed by atoms with Crippen LogP contribution in [0.2, 0.25) is 0 Å². The van der Waals surface area contributed by atoms with Crippen LogP contribution in [-0.2, 0) is 0 Å². The van der Waals surface area contributed by atoms with Crippen molar-refractivity contribution in [1.29, 1.82) is 0 Å². The fraction of sp³-hybridized carbons (Fsp3) is 0.667. The van der Waals surface area contributed by atoms with Crippen LogP contribution in [0.5, 0.6) is 0 Å². The molecule has 1 aromatic rings. The van der Waals surface area contributed by atoms with Crippen molar-refractivity contribution in [3.63, 3.8) is 0 Å². The fourth-order valence-electron chi connectivity index (χ4n) is 3.67. The fourth-order valence-corrected chi connectivity index (χ4v) is 3.67. The minimum Gasteiger partial charge on any atom is -0.328 e. The van der Waals surface area contributed by atoms with Crippen LogP contribution in [0.1, 0.15) is 62.3 Å². The van der Waals surface area contributed by atoms with E-state index in [4.69, 9.17) is 5.73 Å². The molecule has 1 aliphatic rings. The summed E-state index contributed by atoms with van der Waals surface area (Å²) in [7, 11) is 0. The Morgan fingerprint density at radius 3 is 2.45 bits per heavy atom. The van der Waals surface area contributed by atoms with Gasteiger partial charge in [0.1, 0.15) is 0 Å². The highest BCUT2D eigenvalue weighted by Gasteiger charge is 2.27. The van der Waals surface area contributed by atoms with Crippen LogP contribution >= 0.6 is 0 Å². The quantitative estimate of drug-likeness (QED) is 0.900. The van der Waals surface area contributed by atoms with E-state index in [0.717, 1.165) is 6.54 Å². The molecule has 0 bridgehead atoms. The van der Waals surface area contributed by atoms with Crippen molar-refractivity contribution >= 4 is 0 Å². The van der Waals surface area contributed by atoms with E-state index < -0.39 is 0 Å². The molecule has 0 saturated heterocycles. The maximum absolute atomic E-state index is 6.05. The highest BCUT2D eigenvalue weighted by atomic mass is 15.2. The topological polar surface area (TPSA) is 29.3 Å². The van der Waals surface area contributed by atoms with Gasteiger partial charge in [0.25, 0.3) is 0 Å². The van der Waals surface area contributed by atoms with Crippen LogP contribution in [0.15, 0.2) is 18.2 Å². The number of hydrogen-bond acceptors (Lipinski definition) is 2. The third-order valence-electron chi connectivity index (χ3n) is 4.96. The van der Waals surface area contributed by atoms with Gasteiger partial charge < -0.3 is 5.73 Å². The molecule has 1 aromatic carbocycles. The molecule has 2 nitrogen and oxygen atoms in total. The third kappa shape index (κ3) is 3.42. The van der Waals surface area contributed by atoms with E-state index >= 15 is 0 Å². The Bertz CT molecular complexity index is 433. The maximum Gasteiger partial charge on any atom is 0.0325 e. The molecular weight excluding hydrogens is 244 g/mol. The normalized spacial score (nSPS) is 24.9. The summed E-state index contributed by atoms with van der Waals surface area (Å²) in [6.45, 7) is 10.2. The lowest BCUT2D eigenvalue weighted by atomic mass is 9.88. The van der Waals surface area contributed by atoms with Crippen molar-refractivity contribution in [2.75, 3.05) is 6.54 Å². The van der Waals surface area contributed by atoms with Gasteiger partial charge in [-0.15, -0.1) is 0 Å². The lowest BCUT2D eigenvalue weighted by molar-refractivity contribution is 0.114. The smallest absolute Gasteiger partial charge is 0.0325 e. The monoisotopic (exact) mass is 274 g/mol. The van der Waals surface area contributed by atoms with Crippen molar-refractivity contribution in [3.8, 4) is 0 Å². The second-order valence-electron chi connectivity index (χ2n) is 6.44. The van der Waals surface area contributed by atoms with Crippen LogP contribution in [0, 0.1) is 13.8 Å². The van der Waals surface area contributed by atoms with Crippen LogP contribution in [-0.4, -0.2) is 23.5 Å². The van der Waals surface area contributed by atoms with Crippen LogP contribution in [0.3, 0.4) is 0 Å². The molecule has 1 saturated carbocycles. The molecule has 0 spiro atoms. The average molecular weight is 274 g/mol. The Kier molecular flexibility index (Phi) is 5.22. The van der Waals surface area contributed by atoms with Crippen molar-refractivity contribution in [1.82, 2.24) is 4.90 Å². The zero-order valence-electron chi connectivity index (χ0n) is 13.5. The maximum atomic E-state index is 6.05. The Balaban J connectivity index is 2.16. The van der Waals surface area contributed by atoms with E-state index in [1.54, 1.807) is 0 Å². The summed E-state index contributed by atoms with van der Waals surface area (Å²) < 4.78 is 0. The predicted octanol–water partition coefficient (Wildman–Crippen LogP) is 3.96. The first-order chi connectivity index (χ1) is 9.52. The van der Waals surface area contributed by atoms with E-state index in [9.17, 15) is 0 Å². The average Bonchev–Trinajstić information content (AvgIpc) is 2.44. The van der Waals surface area contributed by atoms with Crippen LogP contribution in [0.25, 0.3) is 0 Å².